The quantitative estimate of drug-likeness (QED) is 0.450. The van der Waals surface area contributed by atoms with Gasteiger partial charge in [-0.15, -0.1) is 0 Å². The summed E-state index contributed by atoms with van der Waals surface area (Å²) in [6, 6.07) is 0. The molecule has 0 heterocycles. The third-order valence-corrected chi connectivity index (χ3v) is 0. The average Bonchev–Trinajstić information content (AvgIpc) is 0.722. The maximum Gasteiger partial charge on any atom is 0.394 e. The predicted molar refractivity (Wildman–Crippen MR) is 14.2 cm³/mol. The van der Waals surface area contributed by atoms with Crippen LogP contribution in [0.25, 0.3) is 0 Å². The van der Waals surface area contributed by atoms with Crippen LogP contribution >= 0.6 is 0 Å². The molecule has 0 aromatic rings. The Morgan fingerprint density at radius 1 is 1.17 bits per heavy atom. The zero-order valence-electron chi connectivity index (χ0n) is 2.53. The van der Waals surface area contributed by atoms with Crippen LogP contribution in [0.2, 0.25) is 0 Å². The van der Waals surface area contributed by atoms with Crippen LogP contribution < -0.4 is 0 Å². The van der Waals surface area contributed by atoms with Crippen LogP contribution in [0.1, 0.15) is 0 Å². The molecule has 0 unspecified atom stereocenters. The fourth-order valence-corrected chi connectivity index (χ4v) is 0. The number of hydrogen-bond acceptors (Lipinski definition) is 2. The summed E-state index contributed by atoms with van der Waals surface area (Å²) in [5.41, 5.74) is 0. The van der Waals surface area contributed by atoms with E-state index >= 15 is 0 Å². The molecule has 0 spiro atoms. The third kappa shape index (κ3) is 315. The Labute approximate surface area is 45.9 Å². The molecular formula is H2CrO4S. The summed E-state index contributed by atoms with van der Waals surface area (Å²) in [6.07, 6.45) is 0. The molecule has 0 aliphatic carbocycles. The van der Waals surface area contributed by atoms with E-state index < -0.39 is 10.4 Å². The van der Waals surface area contributed by atoms with Crippen molar-refractivity contribution in [3.05, 3.63) is 0 Å². The second-order valence-corrected chi connectivity index (χ2v) is 1.34. The van der Waals surface area contributed by atoms with Crippen molar-refractivity contribution in [1.82, 2.24) is 0 Å². The van der Waals surface area contributed by atoms with Gasteiger partial charge in [-0.05, 0) is 0 Å². The summed E-state index contributed by atoms with van der Waals surface area (Å²) in [5.74, 6) is 0. The van der Waals surface area contributed by atoms with Crippen molar-refractivity contribution in [2.24, 2.45) is 0 Å². The predicted octanol–water partition coefficient (Wildman–Crippen LogP) is -0.655. The van der Waals surface area contributed by atoms with Crippen molar-refractivity contribution < 1.29 is 34.9 Å². The molecule has 6 heteroatoms. The van der Waals surface area contributed by atoms with Gasteiger partial charge in [0.15, 0.2) is 0 Å². The Balaban J connectivity index is 0. The first-order valence-electron chi connectivity index (χ1n) is 0.698. The van der Waals surface area contributed by atoms with Gasteiger partial charge in [-0.1, -0.05) is 0 Å². The maximum atomic E-state index is 8.74. The standard InChI is InChI=1S/Cr.H2O4S/c;1-5(2,3)4/h;(H2,1,2,3,4). The molecule has 0 saturated heterocycles. The fourth-order valence-electron chi connectivity index (χ4n) is 0. The monoisotopic (exact) mass is 150 g/mol. The smallest absolute Gasteiger partial charge is 0.264 e. The Morgan fingerprint density at radius 3 is 1.17 bits per heavy atom. The summed E-state index contributed by atoms with van der Waals surface area (Å²) >= 11 is 0. The van der Waals surface area contributed by atoms with Gasteiger partial charge in [-0.2, -0.15) is 8.42 Å². The van der Waals surface area contributed by atoms with Gasteiger partial charge in [-0.25, -0.2) is 0 Å². The molecule has 0 rings (SSSR count). The molecule has 0 aliphatic rings. The largest absolute Gasteiger partial charge is 0.394 e. The molecule has 6 heavy (non-hydrogen) atoms. The molecule has 0 aliphatic heterocycles. The maximum absolute atomic E-state index is 8.74. The molecule has 38 valence electrons. The minimum Gasteiger partial charge on any atom is -0.264 e. The van der Waals surface area contributed by atoms with Crippen LogP contribution in [0.5, 0.6) is 0 Å². The first kappa shape index (κ1) is 9.64. The van der Waals surface area contributed by atoms with Crippen LogP contribution in [0.3, 0.4) is 0 Å². The van der Waals surface area contributed by atoms with Gasteiger partial charge in [0, 0.05) is 17.4 Å². The fraction of sp³-hybridized carbons (Fsp3) is 0. The Hall–Kier alpha value is 0.402. The van der Waals surface area contributed by atoms with Crippen LogP contribution in [-0.4, -0.2) is 17.5 Å². The molecule has 0 aromatic heterocycles. The van der Waals surface area contributed by atoms with E-state index in [0.29, 0.717) is 0 Å². The molecule has 2 N–H and O–H groups in total. The molecule has 0 fully saturated rings. The number of hydrogen-bond donors (Lipinski definition) is 2. The third-order valence-electron chi connectivity index (χ3n) is 0. The zero-order chi connectivity index (χ0) is 4.50. The Bertz CT molecular complexity index is 90.7. The molecule has 0 radical (unpaired) electrons. The molecule has 4 nitrogen and oxygen atoms in total. The van der Waals surface area contributed by atoms with Gasteiger partial charge in [-0.3, -0.25) is 9.11 Å². The SMILES string of the molecule is O=S(=O)(O)O.[Cr]. The van der Waals surface area contributed by atoms with E-state index in [0.717, 1.165) is 0 Å². The van der Waals surface area contributed by atoms with Crippen molar-refractivity contribution in [2.45, 2.75) is 0 Å². The summed E-state index contributed by atoms with van der Waals surface area (Å²) in [5, 5.41) is 0. The van der Waals surface area contributed by atoms with Crippen molar-refractivity contribution in [1.29, 1.82) is 0 Å². The first-order chi connectivity index (χ1) is 2.00. The normalized spacial score (nSPS) is 9.67. The topological polar surface area (TPSA) is 74.6 Å². The average molecular weight is 150 g/mol. The van der Waals surface area contributed by atoms with Gasteiger partial charge >= 0.3 is 10.4 Å². The van der Waals surface area contributed by atoms with E-state index in [4.69, 9.17) is 17.5 Å². The van der Waals surface area contributed by atoms with Gasteiger partial charge in [0.25, 0.3) is 0 Å². The van der Waals surface area contributed by atoms with Crippen LogP contribution in [-0.2, 0) is 27.8 Å². The van der Waals surface area contributed by atoms with E-state index in [1.165, 1.54) is 0 Å². The van der Waals surface area contributed by atoms with E-state index in [-0.39, 0.29) is 17.4 Å². The molecule has 0 atom stereocenters. The summed E-state index contributed by atoms with van der Waals surface area (Å²) < 4.78 is 31.6. The van der Waals surface area contributed by atoms with E-state index in [1.807, 2.05) is 0 Å². The second-order valence-electron chi connectivity index (χ2n) is 0.448. The number of rotatable bonds is 0. The van der Waals surface area contributed by atoms with Gasteiger partial charge < -0.3 is 0 Å². The van der Waals surface area contributed by atoms with Crippen LogP contribution in [0.4, 0.5) is 0 Å². The minimum atomic E-state index is -4.67. The van der Waals surface area contributed by atoms with Crippen LogP contribution in [0, 0.1) is 0 Å². The van der Waals surface area contributed by atoms with E-state index in [2.05, 4.69) is 0 Å². The molecule has 0 saturated carbocycles. The Kier molecular flexibility index (Phi) is 4.10. The van der Waals surface area contributed by atoms with Crippen molar-refractivity contribution in [3.8, 4) is 0 Å². The van der Waals surface area contributed by atoms with Crippen molar-refractivity contribution in [2.75, 3.05) is 0 Å². The molecule has 0 bridgehead atoms. The zero-order valence-corrected chi connectivity index (χ0v) is 4.62. The molecular weight excluding hydrogens is 148 g/mol. The molecule has 0 aromatic carbocycles. The van der Waals surface area contributed by atoms with Crippen LogP contribution in [0.15, 0.2) is 0 Å². The summed E-state index contributed by atoms with van der Waals surface area (Å²) in [4.78, 5) is 0. The van der Waals surface area contributed by atoms with E-state index in [1.54, 1.807) is 0 Å². The minimum absolute atomic E-state index is 0. The van der Waals surface area contributed by atoms with Gasteiger partial charge in [0.05, 0.1) is 0 Å². The summed E-state index contributed by atoms with van der Waals surface area (Å²) in [7, 11) is -4.67. The Morgan fingerprint density at radius 2 is 1.17 bits per heavy atom. The second kappa shape index (κ2) is 2.55. The van der Waals surface area contributed by atoms with Gasteiger partial charge in [0.1, 0.15) is 0 Å². The van der Waals surface area contributed by atoms with E-state index in [9.17, 15) is 0 Å². The van der Waals surface area contributed by atoms with Gasteiger partial charge in [0.2, 0.25) is 0 Å². The molecule has 0 amide bonds. The van der Waals surface area contributed by atoms with Crippen molar-refractivity contribution >= 4 is 10.4 Å². The first-order valence-corrected chi connectivity index (χ1v) is 2.10. The summed E-state index contributed by atoms with van der Waals surface area (Å²) in [6.45, 7) is 0. The van der Waals surface area contributed by atoms with Crippen molar-refractivity contribution in [3.63, 3.8) is 0 Å².